The molecule has 0 atom stereocenters. The van der Waals surface area contributed by atoms with E-state index in [0.717, 1.165) is 21.5 Å². The number of anilines is 1. The monoisotopic (exact) mass is 362 g/mol. The van der Waals surface area contributed by atoms with E-state index in [4.69, 9.17) is 5.26 Å². The molecule has 0 saturated heterocycles. The Morgan fingerprint density at radius 1 is 1.48 bits per heavy atom. The quantitative estimate of drug-likeness (QED) is 0.667. The third-order valence-corrected chi connectivity index (χ3v) is 4.27. The van der Waals surface area contributed by atoms with Gasteiger partial charge in [-0.25, -0.2) is 0 Å². The number of carbonyl (C=O) groups is 1. The van der Waals surface area contributed by atoms with Crippen LogP contribution in [0.15, 0.2) is 34.3 Å². The normalized spacial score (nSPS) is 11.0. The van der Waals surface area contributed by atoms with Crippen molar-refractivity contribution in [2.45, 2.75) is 13.3 Å². The highest BCUT2D eigenvalue weighted by Gasteiger charge is 2.12. The summed E-state index contributed by atoms with van der Waals surface area (Å²) in [4.78, 5) is 12.1. The molecular weight excluding hydrogens is 352 g/mol. The fourth-order valence-electron chi connectivity index (χ4n) is 1.51. The lowest BCUT2D eigenvalue weighted by atomic mass is 10.1. The van der Waals surface area contributed by atoms with E-state index in [0.29, 0.717) is 5.13 Å². The zero-order valence-electron chi connectivity index (χ0n) is 11.1. The van der Waals surface area contributed by atoms with Gasteiger partial charge in [-0.15, -0.1) is 10.2 Å². The summed E-state index contributed by atoms with van der Waals surface area (Å²) in [5.41, 5.74) is 0.769. The van der Waals surface area contributed by atoms with Crippen molar-refractivity contribution in [1.29, 1.82) is 5.26 Å². The van der Waals surface area contributed by atoms with Gasteiger partial charge in [-0.3, -0.25) is 10.1 Å². The number of aromatic nitrogens is 2. The van der Waals surface area contributed by atoms with Crippen LogP contribution in [-0.4, -0.2) is 16.1 Å². The van der Waals surface area contributed by atoms with E-state index in [1.807, 2.05) is 37.3 Å². The summed E-state index contributed by atoms with van der Waals surface area (Å²) in [7, 11) is 0. The number of benzene rings is 1. The van der Waals surface area contributed by atoms with Crippen LogP contribution in [0.25, 0.3) is 6.08 Å². The van der Waals surface area contributed by atoms with Crippen LogP contribution in [0.5, 0.6) is 0 Å². The molecule has 1 aromatic heterocycles. The first kappa shape index (κ1) is 15.4. The molecule has 0 bridgehead atoms. The van der Waals surface area contributed by atoms with Crippen LogP contribution in [-0.2, 0) is 11.2 Å². The van der Waals surface area contributed by atoms with E-state index in [-0.39, 0.29) is 5.57 Å². The molecule has 0 fully saturated rings. The van der Waals surface area contributed by atoms with Crippen LogP contribution in [0, 0.1) is 11.3 Å². The zero-order valence-corrected chi connectivity index (χ0v) is 13.5. The van der Waals surface area contributed by atoms with Crippen LogP contribution < -0.4 is 5.32 Å². The van der Waals surface area contributed by atoms with Gasteiger partial charge in [0.25, 0.3) is 5.91 Å². The second-order valence-corrected chi connectivity index (χ2v) is 5.92. The smallest absolute Gasteiger partial charge is 0.268 e. The van der Waals surface area contributed by atoms with Gasteiger partial charge in [-0.05, 0) is 24.1 Å². The Bertz CT molecular complexity index is 733. The predicted octanol–water partition coefficient (Wildman–Crippen LogP) is 3.41. The minimum Gasteiger partial charge on any atom is -0.296 e. The van der Waals surface area contributed by atoms with Crippen molar-refractivity contribution in [2.24, 2.45) is 0 Å². The second kappa shape index (κ2) is 7.11. The summed E-state index contributed by atoms with van der Waals surface area (Å²) in [6.45, 7) is 1.96. The van der Waals surface area contributed by atoms with Gasteiger partial charge in [-0.2, -0.15) is 5.26 Å². The first-order valence-electron chi connectivity index (χ1n) is 6.14. The number of aryl methyl sites for hydroxylation is 1. The average molecular weight is 363 g/mol. The van der Waals surface area contributed by atoms with E-state index in [2.05, 4.69) is 31.4 Å². The predicted molar refractivity (Wildman–Crippen MR) is 85.6 cm³/mol. The first-order chi connectivity index (χ1) is 10.1. The Morgan fingerprint density at radius 3 is 2.86 bits per heavy atom. The summed E-state index contributed by atoms with van der Waals surface area (Å²) in [6.07, 6.45) is 2.28. The lowest BCUT2D eigenvalue weighted by Gasteiger charge is -2.01. The van der Waals surface area contributed by atoms with E-state index in [9.17, 15) is 4.79 Å². The van der Waals surface area contributed by atoms with Gasteiger partial charge in [0.05, 0.1) is 0 Å². The van der Waals surface area contributed by atoms with Crippen LogP contribution in [0.1, 0.15) is 17.5 Å². The van der Waals surface area contributed by atoms with Crippen molar-refractivity contribution in [3.8, 4) is 6.07 Å². The topological polar surface area (TPSA) is 78.7 Å². The molecule has 1 heterocycles. The maximum atomic E-state index is 12.1. The molecule has 0 aliphatic heterocycles. The van der Waals surface area contributed by atoms with Gasteiger partial charge in [0, 0.05) is 4.47 Å². The number of hydrogen-bond donors (Lipinski definition) is 1. The Morgan fingerprint density at radius 2 is 2.24 bits per heavy atom. The minimum atomic E-state index is -0.493. The van der Waals surface area contributed by atoms with Crippen LogP contribution >= 0.6 is 27.3 Å². The maximum absolute atomic E-state index is 12.1. The average Bonchev–Trinajstić information content (AvgIpc) is 2.94. The summed E-state index contributed by atoms with van der Waals surface area (Å²) in [5, 5.41) is 20.7. The molecule has 21 heavy (non-hydrogen) atoms. The number of nitrogens with one attached hydrogen (secondary N) is 1. The number of nitriles is 1. The number of hydrogen-bond acceptors (Lipinski definition) is 5. The lowest BCUT2D eigenvalue weighted by molar-refractivity contribution is -0.112. The molecule has 0 aliphatic carbocycles. The fraction of sp³-hybridized carbons (Fsp3) is 0.143. The number of halogens is 1. The van der Waals surface area contributed by atoms with Crippen molar-refractivity contribution < 1.29 is 4.79 Å². The standard InChI is InChI=1S/C14H11BrN4OS/c1-2-12-18-19-14(21-12)17-13(20)10(8-16)7-9-5-3-4-6-11(9)15/h3-7H,2H2,1H3,(H,17,19,20)/b10-7+. The molecule has 106 valence electrons. The van der Waals surface area contributed by atoms with Crippen molar-refractivity contribution in [3.63, 3.8) is 0 Å². The molecule has 0 unspecified atom stereocenters. The SMILES string of the molecule is CCc1nnc(NC(=O)/C(C#N)=C/c2ccccc2Br)s1. The third kappa shape index (κ3) is 3.97. The molecule has 1 aromatic carbocycles. The molecule has 7 heteroatoms. The number of carbonyl (C=O) groups excluding carboxylic acids is 1. The maximum Gasteiger partial charge on any atom is 0.268 e. The van der Waals surface area contributed by atoms with Crippen molar-refractivity contribution >= 4 is 44.4 Å². The Hall–Kier alpha value is -2.04. The van der Waals surface area contributed by atoms with E-state index < -0.39 is 5.91 Å². The van der Waals surface area contributed by atoms with Gasteiger partial charge in [0.2, 0.25) is 5.13 Å². The zero-order chi connectivity index (χ0) is 15.2. The third-order valence-electron chi connectivity index (χ3n) is 2.56. The van der Waals surface area contributed by atoms with Gasteiger partial charge < -0.3 is 0 Å². The largest absolute Gasteiger partial charge is 0.296 e. The first-order valence-corrected chi connectivity index (χ1v) is 7.75. The highest BCUT2D eigenvalue weighted by molar-refractivity contribution is 9.10. The van der Waals surface area contributed by atoms with Gasteiger partial charge in [-0.1, -0.05) is 52.4 Å². The van der Waals surface area contributed by atoms with Crippen molar-refractivity contribution in [2.75, 3.05) is 5.32 Å². The van der Waals surface area contributed by atoms with Crippen LogP contribution in [0.4, 0.5) is 5.13 Å². The van der Waals surface area contributed by atoms with Crippen LogP contribution in [0.2, 0.25) is 0 Å². The molecule has 1 N–H and O–H groups in total. The molecule has 2 aromatic rings. The van der Waals surface area contributed by atoms with Crippen LogP contribution in [0.3, 0.4) is 0 Å². The molecule has 0 aliphatic rings. The van der Waals surface area contributed by atoms with Gasteiger partial charge in [0.15, 0.2) is 0 Å². The Balaban J connectivity index is 2.19. The lowest BCUT2D eigenvalue weighted by Crippen LogP contribution is -2.13. The van der Waals surface area contributed by atoms with Gasteiger partial charge in [0.1, 0.15) is 16.6 Å². The Labute approximate surface area is 134 Å². The summed E-state index contributed by atoms with van der Waals surface area (Å²) in [6, 6.07) is 9.26. The molecule has 1 amide bonds. The van der Waals surface area contributed by atoms with E-state index in [1.54, 1.807) is 0 Å². The molecule has 2 rings (SSSR count). The molecule has 0 saturated carbocycles. The number of nitrogens with zero attached hydrogens (tertiary/aromatic N) is 3. The van der Waals surface area contributed by atoms with E-state index >= 15 is 0 Å². The number of amides is 1. The molecular formula is C14H11BrN4OS. The van der Waals surface area contributed by atoms with Crippen molar-refractivity contribution in [3.05, 3.63) is 44.9 Å². The molecule has 0 radical (unpaired) electrons. The number of rotatable bonds is 4. The highest BCUT2D eigenvalue weighted by Crippen LogP contribution is 2.20. The van der Waals surface area contributed by atoms with Crippen molar-refractivity contribution in [1.82, 2.24) is 10.2 Å². The minimum absolute atomic E-state index is 0.00940. The highest BCUT2D eigenvalue weighted by atomic mass is 79.9. The molecule has 0 spiro atoms. The Kier molecular flexibility index (Phi) is 5.20. The van der Waals surface area contributed by atoms with Gasteiger partial charge >= 0.3 is 0 Å². The summed E-state index contributed by atoms with van der Waals surface area (Å²) in [5.74, 6) is -0.493. The summed E-state index contributed by atoms with van der Waals surface area (Å²) < 4.78 is 0.815. The molecule has 5 nitrogen and oxygen atoms in total. The fourth-order valence-corrected chi connectivity index (χ4v) is 2.58. The second-order valence-electron chi connectivity index (χ2n) is 4.00. The summed E-state index contributed by atoms with van der Waals surface area (Å²) >= 11 is 4.68. The van der Waals surface area contributed by atoms with E-state index in [1.165, 1.54) is 17.4 Å².